The summed E-state index contributed by atoms with van der Waals surface area (Å²) in [7, 11) is 2.11. The van der Waals surface area contributed by atoms with Crippen molar-refractivity contribution in [2.45, 2.75) is 70.7 Å². The van der Waals surface area contributed by atoms with E-state index >= 15 is 0 Å². The zero-order valence-electron chi connectivity index (χ0n) is 26.3. The third-order valence-electron chi connectivity index (χ3n) is 8.02. The second-order valence-corrected chi connectivity index (χ2v) is 12.9. The molecule has 2 heterocycles. The van der Waals surface area contributed by atoms with Crippen molar-refractivity contribution >= 4 is 22.7 Å². The van der Waals surface area contributed by atoms with Gasteiger partial charge in [-0.05, 0) is 99.7 Å². The van der Waals surface area contributed by atoms with E-state index < -0.39 is 6.09 Å². The number of fused-ring (bicyclic) bond motifs is 1. The SMILES string of the molecule is CN(c1ccc(-c2cc3ccc(OCCCNC(=O)O)cc3cc2OCc2ccccc2)nn1)C1CC(C)(C)NC(C)(C)C1. The molecule has 0 atom stereocenters. The van der Waals surface area contributed by atoms with Gasteiger partial charge >= 0.3 is 6.09 Å². The molecule has 5 rings (SSSR count). The summed E-state index contributed by atoms with van der Waals surface area (Å²) < 4.78 is 12.3. The average Bonchev–Trinajstić information content (AvgIpc) is 2.98. The number of rotatable bonds is 11. The summed E-state index contributed by atoms with van der Waals surface area (Å²) in [6, 6.07) is 24.5. The fraction of sp³-hybridized carbons (Fsp3) is 0.400. The molecule has 3 N–H and O–H groups in total. The Morgan fingerprint density at radius 2 is 1.70 bits per heavy atom. The van der Waals surface area contributed by atoms with Crippen molar-refractivity contribution in [3.63, 3.8) is 0 Å². The van der Waals surface area contributed by atoms with Crippen molar-refractivity contribution in [2.24, 2.45) is 0 Å². The molecule has 0 saturated carbocycles. The number of carboxylic acid groups (broad SMARTS) is 1. The number of ether oxygens (including phenoxy) is 2. The van der Waals surface area contributed by atoms with Crippen LogP contribution in [0.2, 0.25) is 0 Å². The van der Waals surface area contributed by atoms with E-state index in [9.17, 15) is 4.79 Å². The van der Waals surface area contributed by atoms with Crippen molar-refractivity contribution in [3.8, 4) is 22.8 Å². The predicted octanol–water partition coefficient (Wildman–Crippen LogP) is 6.66. The highest BCUT2D eigenvalue weighted by atomic mass is 16.5. The van der Waals surface area contributed by atoms with Crippen LogP contribution in [-0.2, 0) is 6.61 Å². The molecule has 232 valence electrons. The van der Waals surface area contributed by atoms with Gasteiger partial charge in [0.1, 0.15) is 18.1 Å². The summed E-state index contributed by atoms with van der Waals surface area (Å²) >= 11 is 0. The molecule has 4 aromatic rings. The lowest BCUT2D eigenvalue weighted by molar-refractivity contribution is 0.160. The molecule has 1 saturated heterocycles. The summed E-state index contributed by atoms with van der Waals surface area (Å²) in [5.74, 6) is 2.27. The molecule has 1 aliphatic rings. The monoisotopic (exact) mass is 597 g/mol. The van der Waals surface area contributed by atoms with Crippen molar-refractivity contribution in [1.82, 2.24) is 20.8 Å². The average molecular weight is 598 g/mol. The van der Waals surface area contributed by atoms with Gasteiger partial charge in [-0.3, -0.25) is 0 Å². The standard InChI is InChI=1S/C35H43N5O4/c1-34(2)21-27(22-35(3,4)39-34)40(5)32-15-14-30(37-38-32)29-19-25-12-13-28(43-17-9-16-36-33(41)42)18-26(25)20-31(29)44-23-24-10-7-6-8-11-24/h6-8,10-15,18-20,27,36,39H,9,16-17,21-23H2,1-5H3,(H,41,42). The largest absolute Gasteiger partial charge is 0.494 e. The Bertz CT molecular complexity index is 1560. The number of aromatic nitrogens is 2. The number of benzene rings is 3. The molecule has 1 aromatic heterocycles. The lowest BCUT2D eigenvalue weighted by atomic mass is 9.79. The van der Waals surface area contributed by atoms with Crippen LogP contribution in [0.5, 0.6) is 11.5 Å². The minimum atomic E-state index is -1.03. The van der Waals surface area contributed by atoms with Crippen LogP contribution in [-0.4, -0.2) is 58.7 Å². The van der Waals surface area contributed by atoms with Gasteiger partial charge in [0, 0.05) is 36.3 Å². The first-order valence-corrected chi connectivity index (χ1v) is 15.2. The van der Waals surface area contributed by atoms with Crippen molar-refractivity contribution < 1.29 is 19.4 Å². The van der Waals surface area contributed by atoms with Gasteiger partial charge in [-0.1, -0.05) is 36.4 Å². The van der Waals surface area contributed by atoms with Crippen LogP contribution in [0.3, 0.4) is 0 Å². The van der Waals surface area contributed by atoms with Crippen LogP contribution >= 0.6 is 0 Å². The Morgan fingerprint density at radius 3 is 2.39 bits per heavy atom. The summed E-state index contributed by atoms with van der Waals surface area (Å²) in [6.45, 7) is 10.2. The molecule has 9 heteroatoms. The van der Waals surface area contributed by atoms with E-state index in [4.69, 9.17) is 14.6 Å². The predicted molar refractivity (Wildman–Crippen MR) is 175 cm³/mol. The highest BCUT2D eigenvalue weighted by Gasteiger charge is 2.39. The highest BCUT2D eigenvalue weighted by Crippen LogP contribution is 2.37. The summed E-state index contributed by atoms with van der Waals surface area (Å²) in [6.07, 6.45) is 1.58. The molecule has 1 fully saturated rings. The van der Waals surface area contributed by atoms with Crippen molar-refractivity contribution in [3.05, 3.63) is 78.4 Å². The fourth-order valence-electron chi connectivity index (χ4n) is 6.24. The van der Waals surface area contributed by atoms with Crippen LogP contribution in [0.25, 0.3) is 22.0 Å². The second-order valence-electron chi connectivity index (χ2n) is 12.9. The number of hydrogen-bond donors (Lipinski definition) is 3. The Hall–Kier alpha value is -4.37. The number of piperidine rings is 1. The lowest BCUT2D eigenvalue weighted by Crippen LogP contribution is -2.62. The van der Waals surface area contributed by atoms with Gasteiger partial charge in [0.05, 0.1) is 12.3 Å². The molecule has 1 amide bonds. The van der Waals surface area contributed by atoms with E-state index in [0.717, 1.165) is 46.3 Å². The molecular weight excluding hydrogens is 554 g/mol. The van der Waals surface area contributed by atoms with Crippen LogP contribution in [0.4, 0.5) is 10.6 Å². The normalized spacial score (nSPS) is 15.9. The minimum absolute atomic E-state index is 0.0343. The zero-order chi connectivity index (χ0) is 31.3. The zero-order valence-corrected chi connectivity index (χ0v) is 26.3. The summed E-state index contributed by atoms with van der Waals surface area (Å²) in [5.41, 5.74) is 2.75. The number of hydrogen-bond acceptors (Lipinski definition) is 7. The van der Waals surface area contributed by atoms with Gasteiger partial charge in [0.25, 0.3) is 0 Å². The Balaban J connectivity index is 1.39. The Labute approximate surface area is 259 Å². The van der Waals surface area contributed by atoms with Crippen molar-refractivity contribution in [2.75, 3.05) is 25.1 Å². The van der Waals surface area contributed by atoms with Crippen LogP contribution in [0.1, 0.15) is 52.5 Å². The van der Waals surface area contributed by atoms with E-state index in [2.05, 4.69) is 66.5 Å². The van der Waals surface area contributed by atoms with Crippen LogP contribution in [0.15, 0.2) is 72.8 Å². The second kappa shape index (κ2) is 13.1. The molecule has 0 bridgehead atoms. The topological polar surface area (TPSA) is 109 Å². The highest BCUT2D eigenvalue weighted by molar-refractivity contribution is 5.91. The van der Waals surface area contributed by atoms with Gasteiger partial charge in [0.2, 0.25) is 0 Å². The van der Waals surface area contributed by atoms with Gasteiger partial charge < -0.3 is 30.1 Å². The lowest BCUT2D eigenvalue weighted by Gasteiger charge is -2.49. The third-order valence-corrected chi connectivity index (χ3v) is 8.02. The first-order chi connectivity index (χ1) is 21.0. The first-order valence-electron chi connectivity index (χ1n) is 15.2. The van der Waals surface area contributed by atoms with Gasteiger partial charge in [0.15, 0.2) is 5.82 Å². The minimum Gasteiger partial charge on any atom is -0.494 e. The molecule has 3 aromatic carbocycles. The quantitative estimate of drug-likeness (QED) is 0.165. The maximum Gasteiger partial charge on any atom is 0.404 e. The number of carbonyl (C=O) groups is 1. The molecule has 0 spiro atoms. The van der Waals surface area contributed by atoms with E-state index in [1.54, 1.807) is 0 Å². The van der Waals surface area contributed by atoms with Gasteiger partial charge in [-0.15, -0.1) is 10.2 Å². The van der Waals surface area contributed by atoms with Crippen LogP contribution < -0.4 is 25.0 Å². The number of anilines is 1. The molecule has 0 unspecified atom stereocenters. The fourth-order valence-corrected chi connectivity index (χ4v) is 6.24. The molecule has 9 nitrogen and oxygen atoms in total. The molecule has 44 heavy (non-hydrogen) atoms. The van der Waals surface area contributed by atoms with E-state index in [0.29, 0.717) is 43.7 Å². The van der Waals surface area contributed by atoms with Crippen molar-refractivity contribution in [1.29, 1.82) is 0 Å². The molecular formula is C35H43N5O4. The van der Waals surface area contributed by atoms with E-state index in [1.807, 2.05) is 66.7 Å². The summed E-state index contributed by atoms with van der Waals surface area (Å²) in [5, 5.41) is 26.2. The van der Waals surface area contributed by atoms with Gasteiger partial charge in [-0.25, -0.2) is 4.79 Å². The van der Waals surface area contributed by atoms with Crippen LogP contribution in [0, 0.1) is 0 Å². The maximum atomic E-state index is 10.7. The number of nitrogens with one attached hydrogen (secondary N) is 2. The maximum absolute atomic E-state index is 10.7. The number of amides is 1. The van der Waals surface area contributed by atoms with E-state index in [-0.39, 0.29) is 11.1 Å². The Kier molecular flexibility index (Phi) is 9.25. The number of nitrogens with zero attached hydrogens (tertiary/aromatic N) is 3. The van der Waals surface area contributed by atoms with Gasteiger partial charge in [-0.2, -0.15) is 0 Å². The molecule has 1 aliphatic heterocycles. The first kappa shape index (κ1) is 31.1. The molecule has 0 aliphatic carbocycles. The Morgan fingerprint density at radius 1 is 0.955 bits per heavy atom. The van der Waals surface area contributed by atoms with E-state index in [1.165, 1.54) is 0 Å². The third kappa shape index (κ3) is 7.96. The smallest absolute Gasteiger partial charge is 0.404 e. The molecule has 0 radical (unpaired) electrons. The summed E-state index contributed by atoms with van der Waals surface area (Å²) in [4.78, 5) is 12.9.